The van der Waals surface area contributed by atoms with Crippen LogP contribution in [0.15, 0.2) is 42.5 Å². The van der Waals surface area contributed by atoms with E-state index < -0.39 is 0 Å². The van der Waals surface area contributed by atoms with Crippen LogP contribution in [0.3, 0.4) is 0 Å². The average Bonchev–Trinajstić information content (AvgIpc) is 2.45. The summed E-state index contributed by atoms with van der Waals surface area (Å²) in [5.41, 5.74) is 2.18. The first kappa shape index (κ1) is 12.2. The number of hydrogen-bond acceptors (Lipinski definition) is 2. The van der Waals surface area contributed by atoms with Gasteiger partial charge in [0, 0.05) is 6.07 Å². The lowest BCUT2D eigenvalue weighted by Gasteiger charge is -2.05. The zero-order chi connectivity index (χ0) is 12.8. The van der Waals surface area contributed by atoms with Gasteiger partial charge in [-0.25, -0.2) is 0 Å². The predicted octanol–water partition coefficient (Wildman–Crippen LogP) is 3.67. The van der Waals surface area contributed by atoms with Crippen LogP contribution in [-0.4, -0.2) is 14.2 Å². The van der Waals surface area contributed by atoms with E-state index in [0.717, 1.165) is 22.6 Å². The summed E-state index contributed by atoms with van der Waals surface area (Å²) in [6.07, 6.45) is 4.07. The highest BCUT2D eigenvalue weighted by Crippen LogP contribution is 2.23. The molecule has 2 heteroatoms. The van der Waals surface area contributed by atoms with Crippen LogP contribution in [0.4, 0.5) is 0 Å². The molecule has 0 aliphatic carbocycles. The Kier molecular flexibility index (Phi) is 4.02. The van der Waals surface area contributed by atoms with Crippen molar-refractivity contribution in [2.45, 2.75) is 0 Å². The van der Waals surface area contributed by atoms with Gasteiger partial charge >= 0.3 is 0 Å². The van der Waals surface area contributed by atoms with Crippen LogP contribution in [0.25, 0.3) is 12.2 Å². The first-order valence-corrected chi connectivity index (χ1v) is 5.69. The second kappa shape index (κ2) is 5.92. The van der Waals surface area contributed by atoms with Gasteiger partial charge in [0.1, 0.15) is 11.5 Å². The third kappa shape index (κ3) is 3.14. The van der Waals surface area contributed by atoms with Crippen LogP contribution in [0.1, 0.15) is 11.1 Å². The van der Waals surface area contributed by atoms with E-state index in [9.17, 15) is 0 Å². The number of methoxy groups -OCH3 is 2. The number of ether oxygens (including phenoxy) is 2. The first-order valence-electron chi connectivity index (χ1n) is 5.69. The number of hydrogen-bond donors (Lipinski definition) is 0. The minimum Gasteiger partial charge on any atom is -0.497 e. The van der Waals surface area contributed by atoms with Crippen molar-refractivity contribution in [3.8, 4) is 11.5 Å². The minimum absolute atomic E-state index is 0.787. The molecule has 0 atom stereocenters. The molecule has 18 heavy (non-hydrogen) atoms. The smallest absolute Gasteiger partial charge is 0.123 e. The molecule has 0 amide bonds. The Balaban J connectivity index is 2.25. The second-order valence-corrected chi connectivity index (χ2v) is 3.81. The molecule has 2 nitrogen and oxygen atoms in total. The van der Waals surface area contributed by atoms with Crippen LogP contribution >= 0.6 is 0 Å². The van der Waals surface area contributed by atoms with Crippen molar-refractivity contribution in [2.75, 3.05) is 14.2 Å². The van der Waals surface area contributed by atoms with E-state index >= 15 is 0 Å². The summed E-state index contributed by atoms with van der Waals surface area (Å²) < 4.78 is 10.5. The summed E-state index contributed by atoms with van der Waals surface area (Å²) in [6, 6.07) is 16.6. The van der Waals surface area contributed by atoms with Gasteiger partial charge in [-0.3, -0.25) is 0 Å². The number of rotatable bonds is 4. The molecule has 0 N–H and O–H groups in total. The van der Waals surface area contributed by atoms with Crippen molar-refractivity contribution in [1.29, 1.82) is 0 Å². The van der Waals surface area contributed by atoms with E-state index in [0.29, 0.717) is 0 Å². The van der Waals surface area contributed by atoms with Crippen LogP contribution in [0.5, 0.6) is 11.5 Å². The van der Waals surface area contributed by atoms with Gasteiger partial charge in [0.2, 0.25) is 0 Å². The molecule has 0 spiro atoms. The summed E-state index contributed by atoms with van der Waals surface area (Å²) >= 11 is 0. The van der Waals surface area contributed by atoms with Gasteiger partial charge in [0.15, 0.2) is 0 Å². The molecular formula is C16H15O2. The highest BCUT2D eigenvalue weighted by Gasteiger charge is 1.99. The van der Waals surface area contributed by atoms with Crippen molar-refractivity contribution in [2.24, 2.45) is 0 Å². The Labute approximate surface area is 107 Å². The van der Waals surface area contributed by atoms with Crippen LogP contribution in [-0.2, 0) is 0 Å². The van der Waals surface area contributed by atoms with Crippen LogP contribution < -0.4 is 9.47 Å². The van der Waals surface area contributed by atoms with Gasteiger partial charge in [-0.2, -0.15) is 0 Å². The Morgan fingerprint density at radius 3 is 1.94 bits per heavy atom. The maximum Gasteiger partial charge on any atom is 0.123 e. The molecule has 0 aliphatic rings. The van der Waals surface area contributed by atoms with Gasteiger partial charge in [-0.15, -0.1) is 0 Å². The van der Waals surface area contributed by atoms with E-state index in [1.165, 1.54) is 0 Å². The Morgan fingerprint density at radius 1 is 0.833 bits per heavy atom. The predicted molar refractivity (Wildman–Crippen MR) is 73.8 cm³/mol. The van der Waals surface area contributed by atoms with Crippen molar-refractivity contribution in [3.63, 3.8) is 0 Å². The molecule has 0 aromatic heterocycles. The molecule has 0 aliphatic heterocycles. The fourth-order valence-electron chi connectivity index (χ4n) is 1.63. The normalized spacial score (nSPS) is 10.6. The largest absolute Gasteiger partial charge is 0.497 e. The molecule has 0 fully saturated rings. The third-order valence-corrected chi connectivity index (χ3v) is 2.59. The monoisotopic (exact) mass is 239 g/mol. The molecule has 0 bridgehead atoms. The van der Waals surface area contributed by atoms with Crippen LogP contribution in [0, 0.1) is 6.07 Å². The highest BCUT2D eigenvalue weighted by molar-refractivity contribution is 5.70. The lowest BCUT2D eigenvalue weighted by atomic mass is 10.1. The highest BCUT2D eigenvalue weighted by atomic mass is 16.5. The summed E-state index contributed by atoms with van der Waals surface area (Å²) in [4.78, 5) is 0. The Morgan fingerprint density at radius 2 is 1.39 bits per heavy atom. The van der Waals surface area contributed by atoms with Crippen molar-refractivity contribution < 1.29 is 9.47 Å². The van der Waals surface area contributed by atoms with Gasteiger partial charge in [-0.1, -0.05) is 36.4 Å². The fourth-order valence-corrected chi connectivity index (χ4v) is 1.63. The van der Waals surface area contributed by atoms with Gasteiger partial charge < -0.3 is 9.47 Å². The summed E-state index contributed by atoms with van der Waals surface area (Å²) in [5.74, 6) is 1.57. The number of benzene rings is 2. The zero-order valence-electron chi connectivity index (χ0n) is 10.5. The SMILES string of the molecule is COc1cc(C=Cc2cc[c]cc2)cc(OC)c1. The summed E-state index contributed by atoms with van der Waals surface area (Å²) in [6.45, 7) is 0. The standard InChI is InChI=1S/C16H15O2/c1-17-15-10-14(11-16(12-15)18-2)9-8-13-6-4-3-5-7-13/h4-12H,1-2H3. The second-order valence-electron chi connectivity index (χ2n) is 3.81. The topological polar surface area (TPSA) is 18.5 Å². The molecule has 0 unspecified atom stereocenters. The molecule has 2 rings (SSSR count). The molecule has 0 heterocycles. The third-order valence-electron chi connectivity index (χ3n) is 2.59. The van der Waals surface area contributed by atoms with Gasteiger partial charge in [0.05, 0.1) is 14.2 Å². The van der Waals surface area contributed by atoms with E-state index in [1.807, 2.05) is 54.6 Å². The molecule has 0 saturated carbocycles. The molecule has 2 aromatic rings. The lowest BCUT2D eigenvalue weighted by Crippen LogP contribution is -1.88. The molecule has 91 valence electrons. The van der Waals surface area contributed by atoms with Gasteiger partial charge in [-0.05, 0) is 29.3 Å². The molecule has 1 radical (unpaired) electrons. The van der Waals surface area contributed by atoms with E-state index in [1.54, 1.807) is 14.2 Å². The Bertz CT molecular complexity index is 508. The molecule has 0 saturated heterocycles. The first-order chi connectivity index (χ1) is 8.81. The average molecular weight is 239 g/mol. The van der Waals surface area contributed by atoms with Gasteiger partial charge in [0.25, 0.3) is 0 Å². The molecule has 2 aromatic carbocycles. The zero-order valence-corrected chi connectivity index (χ0v) is 10.5. The minimum atomic E-state index is 0.787. The van der Waals surface area contributed by atoms with E-state index in [4.69, 9.17) is 9.47 Å². The maximum absolute atomic E-state index is 5.23. The fraction of sp³-hybridized carbons (Fsp3) is 0.125. The van der Waals surface area contributed by atoms with Crippen molar-refractivity contribution >= 4 is 12.2 Å². The quantitative estimate of drug-likeness (QED) is 0.758. The van der Waals surface area contributed by atoms with E-state index in [2.05, 4.69) is 6.07 Å². The lowest BCUT2D eigenvalue weighted by molar-refractivity contribution is 0.394. The van der Waals surface area contributed by atoms with Crippen molar-refractivity contribution in [1.82, 2.24) is 0 Å². The maximum atomic E-state index is 5.23. The van der Waals surface area contributed by atoms with E-state index in [-0.39, 0.29) is 0 Å². The molecular weight excluding hydrogens is 224 g/mol. The summed E-state index contributed by atoms with van der Waals surface area (Å²) in [7, 11) is 3.30. The van der Waals surface area contributed by atoms with Crippen molar-refractivity contribution in [3.05, 3.63) is 59.7 Å². The Hall–Kier alpha value is -2.22. The summed E-state index contributed by atoms with van der Waals surface area (Å²) in [5, 5.41) is 0. The van der Waals surface area contributed by atoms with Crippen LogP contribution in [0.2, 0.25) is 0 Å².